The van der Waals surface area contributed by atoms with Gasteiger partial charge in [-0.1, -0.05) is 6.42 Å². The summed E-state index contributed by atoms with van der Waals surface area (Å²) in [6.45, 7) is 3.10. The third-order valence-electron chi connectivity index (χ3n) is 3.18. The smallest absolute Gasteiger partial charge is 0.0492 e. The molecule has 3 nitrogen and oxygen atoms in total. The van der Waals surface area contributed by atoms with E-state index in [-0.39, 0.29) is 0 Å². The van der Waals surface area contributed by atoms with Crippen LogP contribution in [0.4, 0.5) is 0 Å². The maximum absolute atomic E-state index is 5.99. The highest BCUT2D eigenvalue weighted by Gasteiger charge is 2.22. The molecule has 0 bridgehead atoms. The van der Waals surface area contributed by atoms with Crippen molar-refractivity contribution in [2.45, 2.75) is 51.1 Å². The first-order valence-electron chi connectivity index (χ1n) is 5.58. The van der Waals surface area contributed by atoms with Crippen LogP contribution in [-0.2, 0) is 6.54 Å². The monoisotopic (exact) mass is 193 g/mol. The summed E-state index contributed by atoms with van der Waals surface area (Å²) in [7, 11) is 0. The maximum atomic E-state index is 5.99. The molecule has 3 heteroatoms. The Balaban J connectivity index is 2.13. The third kappa shape index (κ3) is 1.82. The highest BCUT2D eigenvalue weighted by Crippen LogP contribution is 2.31. The molecule has 1 aliphatic carbocycles. The minimum Gasteiger partial charge on any atom is -0.328 e. The Kier molecular flexibility index (Phi) is 2.87. The molecule has 1 fully saturated rings. The fraction of sp³-hybridized carbons (Fsp3) is 0.727. The quantitative estimate of drug-likeness (QED) is 0.779. The molecule has 1 heterocycles. The molecule has 78 valence electrons. The van der Waals surface area contributed by atoms with Crippen LogP contribution in [0.1, 0.15) is 44.2 Å². The predicted octanol–water partition coefficient (Wildman–Crippen LogP) is 1.89. The van der Waals surface area contributed by atoms with Crippen molar-refractivity contribution >= 4 is 0 Å². The largest absolute Gasteiger partial charge is 0.328 e. The van der Waals surface area contributed by atoms with Crippen LogP contribution in [0.15, 0.2) is 12.3 Å². The molecule has 14 heavy (non-hydrogen) atoms. The van der Waals surface area contributed by atoms with Crippen LogP contribution in [0.5, 0.6) is 0 Å². The van der Waals surface area contributed by atoms with E-state index >= 15 is 0 Å². The van der Waals surface area contributed by atoms with E-state index in [0.29, 0.717) is 12.0 Å². The summed E-state index contributed by atoms with van der Waals surface area (Å²) in [5.74, 6) is 0.640. The van der Waals surface area contributed by atoms with E-state index in [0.717, 1.165) is 13.0 Å². The van der Waals surface area contributed by atoms with Crippen LogP contribution >= 0.6 is 0 Å². The minimum atomic E-state index is 0.397. The first kappa shape index (κ1) is 9.71. The van der Waals surface area contributed by atoms with Crippen molar-refractivity contribution in [2.75, 3.05) is 0 Å². The molecule has 1 aromatic rings. The summed E-state index contributed by atoms with van der Waals surface area (Å²) in [6, 6.07) is 2.54. The molecule has 0 saturated heterocycles. The SMILES string of the molecule is CCn1nccc1C1CCCC(N)C1. The molecule has 1 saturated carbocycles. The van der Waals surface area contributed by atoms with E-state index < -0.39 is 0 Å². The summed E-state index contributed by atoms with van der Waals surface area (Å²) >= 11 is 0. The molecule has 0 aliphatic heterocycles. The molecule has 0 spiro atoms. The standard InChI is InChI=1S/C11H19N3/c1-2-14-11(6-7-13-14)9-4-3-5-10(12)8-9/h6-7,9-10H,2-5,8,12H2,1H3. The molecular formula is C11H19N3. The van der Waals surface area contributed by atoms with Gasteiger partial charge >= 0.3 is 0 Å². The van der Waals surface area contributed by atoms with Gasteiger partial charge in [0.2, 0.25) is 0 Å². The van der Waals surface area contributed by atoms with Crippen LogP contribution in [0, 0.1) is 0 Å². The summed E-state index contributed by atoms with van der Waals surface area (Å²) in [5.41, 5.74) is 7.37. The van der Waals surface area contributed by atoms with E-state index in [4.69, 9.17) is 5.73 Å². The van der Waals surface area contributed by atoms with E-state index in [9.17, 15) is 0 Å². The molecule has 1 aromatic heterocycles. The van der Waals surface area contributed by atoms with Crippen molar-refractivity contribution in [3.05, 3.63) is 18.0 Å². The highest BCUT2D eigenvalue weighted by molar-refractivity contribution is 5.09. The molecule has 2 rings (SSSR count). The first-order chi connectivity index (χ1) is 6.81. The van der Waals surface area contributed by atoms with Crippen LogP contribution in [0.25, 0.3) is 0 Å². The van der Waals surface area contributed by atoms with Crippen molar-refractivity contribution in [1.82, 2.24) is 9.78 Å². The Morgan fingerprint density at radius 3 is 3.14 bits per heavy atom. The first-order valence-corrected chi connectivity index (χ1v) is 5.58. The van der Waals surface area contributed by atoms with Gasteiger partial charge in [-0.2, -0.15) is 5.10 Å². The fourth-order valence-corrected chi connectivity index (χ4v) is 2.45. The number of hydrogen-bond acceptors (Lipinski definition) is 2. The molecule has 2 unspecified atom stereocenters. The zero-order chi connectivity index (χ0) is 9.97. The fourth-order valence-electron chi connectivity index (χ4n) is 2.45. The molecule has 2 atom stereocenters. The van der Waals surface area contributed by atoms with Crippen molar-refractivity contribution < 1.29 is 0 Å². The zero-order valence-corrected chi connectivity index (χ0v) is 8.82. The topological polar surface area (TPSA) is 43.8 Å². The zero-order valence-electron chi connectivity index (χ0n) is 8.82. The van der Waals surface area contributed by atoms with Crippen molar-refractivity contribution in [3.63, 3.8) is 0 Å². The van der Waals surface area contributed by atoms with Crippen LogP contribution in [-0.4, -0.2) is 15.8 Å². The van der Waals surface area contributed by atoms with Gasteiger partial charge in [-0.25, -0.2) is 0 Å². The van der Waals surface area contributed by atoms with Gasteiger partial charge < -0.3 is 5.73 Å². The van der Waals surface area contributed by atoms with Gasteiger partial charge in [-0.3, -0.25) is 4.68 Å². The van der Waals surface area contributed by atoms with E-state index in [2.05, 4.69) is 22.8 Å². The van der Waals surface area contributed by atoms with Crippen molar-refractivity contribution in [3.8, 4) is 0 Å². The average Bonchev–Trinajstić information content (AvgIpc) is 2.65. The summed E-state index contributed by atoms with van der Waals surface area (Å²) in [6.07, 6.45) is 6.77. The van der Waals surface area contributed by atoms with Gasteiger partial charge in [0.05, 0.1) is 0 Å². The lowest BCUT2D eigenvalue weighted by Gasteiger charge is -2.26. The Bertz CT molecular complexity index is 292. The molecular weight excluding hydrogens is 174 g/mol. The highest BCUT2D eigenvalue weighted by atomic mass is 15.3. The van der Waals surface area contributed by atoms with Crippen LogP contribution in [0.2, 0.25) is 0 Å². The van der Waals surface area contributed by atoms with Gasteiger partial charge in [-0.15, -0.1) is 0 Å². The van der Waals surface area contributed by atoms with Crippen molar-refractivity contribution in [2.24, 2.45) is 5.73 Å². The summed E-state index contributed by atoms with van der Waals surface area (Å²) < 4.78 is 2.10. The second-order valence-electron chi connectivity index (χ2n) is 4.20. The number of hydrogen-bond donors (Lipinski definition) is 1. The molecule has 1 aliphatic rings. The maximum Gasteiger partial charge on any atom is 0.0492 e. The number of rotatable bonds is 2. The lowest BCUT2D eigenvalue weighted by atomic mass is 9.84. The lowest BCUT2D eigenvalue weighted by Crippen LogP contribution is -2.27. The van der Waals surface area contributed by atoms with Gasteiger partial charge in [0.25, 0.3) is 0 Å². The van der Waals surface area contributed by atoms with E-state index in [1.807, 2.05) is 6.20 Å². The van der Waals surface area contributed by atoms with Gasteiger partial charge in [-0.05, 0) is 32.3 Å². The van der Waals surface area contributed by atoms with Crippen LogP contribution in [0.3, 0.4) is 0 Å². The number of aromatic nitrogens is 2. The summed E-state index contributed by atoms with van der Waals surface area (Å²) in [4.78, 5) is 0. The van der Waals surface area contributed by atoms with Gasteiger partial charge in [0, 0.05) is 30.4 Å². The normalized spacial score (nSPS) is 27.9. The Labute approximate surface area is 85.3 Å². The molecule has 0 radical (unpaired) electrons. The predicted molar refractivity (Wildman–Crippen MR) is 57.1 cm³/mol. The molecule has 0 amide bonds. The average molecular weight is 193 g/mol. The minimum absolute atomic E-state index is 0.397. The lowest BCUT2D eigenvalue weighted by molar-refractivity contribution is 0.376. The van der Waals surface area contributed by atoms with Gasteiger partial charge in [0.1, 0.15) is 0 Å². The van der Waals surface area contributed by atoms with Crippen molar-refractivity contribution in [1.29, 1.82) is 0 Å². The molecule has 2 N–H and O–H groups in total. The Morgan fingerprint density at radius 2 is 2.43 bits per heavy atom. The van der Waals surface area contributed by atoms with Crippen LogP contribution < -0.4 is 5.73 Å². The second kappa shape index (κ2) is 4.13. The summed E-state index contributed by atoms with van der Waals surface area (Å²) in [5, 5.41) is 4.31. The van der Waals surface area contributed by atoms with E-state index in [1.165, 1.54) is 25.0 Å². The number of nitrogens with two attached hydrogens (primary N) is 1. The Morgan fingerprint density at radius 1 is 1.57 bits per heavy atom. The number of aryl methyl sites for hydroxylation is 1. The third-order valence-corrected chi connectivity index (χ3v) is 3.18. The van der Waals surface area contributed by atoms with Gasteiger partial charge in [0.15, 0.2) is 0 Å². The molecule has 0 aromatic carbocycles. The Hall–Kier alpha value is -0.830. The number of nitrogens with zero attached hydrogens (tertiary/aromatic N) is 2. The second-order valence-corrected chi connectivity index (χ2v) is 4.20. The van der Waals surface area contributed by atoms with E-state index in [1.54, 1.807) is 0 Å².